The molecule has 1 aromatic heterocycles. The van der Waals surface area contributed by atoms with Gasteiger partial charge in [-0.25, -0.2) is 4.99 Å². The third kappa shape index (κ3) is 4.24. The minimum absolute atomic E-state index is 0.0418. The van der Waals surface area contributed by atoms with Gasteiger partial charge >= 0.3 is 0 Å². The Kier molecular flexibility index (Phi) is 6.14. The number of ether oxygens (including phenoxy) is 1. The predicted molar refractivity (Wildman–Crippen MR) is 120 cm³/mol. The monoisotopic (exact) mass is 420 g/mol. The van der Waals surface area contributed by atoms with Crippen molar-refractivity contribution in [2.75, 3.05) is 7.11 Å². The van der Waals surface area contributed by atoms with E-state index in [1.807, 2.05) is 30.3 Å². The van der Waals surface area contributed by atoms with Crippen molar-refractivity contribution in [3.8, 4) is 11.5 Å². The van der Waals surface area contributed by atoms with Crippen LogP contribution in [-0.2, 0) is 19.4 Å². The Bertz CT molecular complexity index is 1070. The smallest absolute Gasteiger partial charge is 0.254 e. The van der Waals surface area contributed by atoms with Gasteiger partial charge in [0.25, 0.3) is 5.91 Å². The number of aromatic hydroxyl groups is 1. The zero-order valence-electron chi connectivity index (χ0n) is 16.9. The molecule has 2 N–H and O–H groups in total. The van der Waals surface area contributed by atoms with Gasteiger partial charge in [-0.3, -0.25) is 4.79 Å². The minimum Gasteiger partial charge on any atom is -0.504 e. The molecule has 2 aromatic carbocycles. The molecule has 3 aromatic rings. The van der Waals surface area contributed by atoms with Crippen LogP contribution >= 0.6 is 11.3 Å². The number of aryl methyl sites for hydroxylation is 1. The van der Waals surface area contributed by atoms with Crippen molar-refractivity contribution in [1.82, 2.24) is 5.32 Å². The number of aliphatic imine (C=N–C) groups is 1. The molecule has 0 saturated heterocycles. The van der Waals surface area contributed by atoms with E-state index in [0.717, 1.165) is 36.8 Å². The van der Waals surface area contributed by atoms with E-state index < -0.39 is 0 Å². The molecule has 0 unspecified atom stereocenters. The zero-order chi connectivity index (χ0) is 20.9. The molecular weight excluding hydrogens is 396 g/mol. The molecule has 5 nitrogen and oxygen atoms in total. The van der Waals surface area contributed by atoms with Crippen LogP contribution in [0.25, 0.3) is 0 Å². The maximum atomic E-state index is 13.1. The van der Waals surface area contributed by atoms with E-state index in [0.29, 0.717) is 28.4 Å². The fraction of sp³-hybridized carbons (Fsp3) is 0.250. The van der Waals surface area contributed by atoms with Gasteiger partial charge in [-0.05, 0) is 48.9 Å². The number of carbonyl (C=O) groups is 1. The molecule has 0 atom stereocenters. The first-order chi connectivity index (χ1) is 14.7. The van der Waals surface area contributed by atoms with E-state index >= 15 is 0 Å². The van der Waals surface area contributed by atoms with Crippen molar-refractivity contribution in [3.05, 3.63) is 75.7 Å². The number of phenols is 1. The highest BCUT2D eigenvalue weighted by atomic mass is 32.1. The molecule has 0 bridgehead atoms. The Labute approximate surface area is 180 Å². The molecule has 0 fully saturated rings. The summed E-state index contributed by atoms with van der Waals surface area (Å²) in [6, 6.07) is 15.1. The third-order valence-corrected chi connectivity index (χ3v) is 6.45. The summed E-state index contributed by atoms with van der Waals surface area (Å²) < 4.78 is 5.17. The molecule has 0 radical (unpaired) electrons. The molecule has 0 saturated carbocycles. The highest BCUT2D eigenvalue weighted by Crippen LogP contribution is 2.40. The van der Waals surface area contributed by atoms with Crippen molar-refractivity contribution < 1.29 is 14.6 Å². The first kappa shape index (κ1) is 20.2. The Balaban J connectivity index is 1.63. The molecule has 6 heteroatoms. The number of amides is 1. The lowest BCUT2D eigenvalue weighted by molar-refractivity contribution is 0.0951. The zero-order valence-corrected chi connectivity index (χ0v) is 17.7. The van der Waals surface area contributed by atoms with E-state index in [4.69, 9.17) is 4.74 Å². The van der Waals surface area contributed by atoms with Crippen molar-refractivity contribution in [3.63, 3.8) is 0 Å². The highest BCUT2D eigenvalue weighted by Gasteiger charge is 2.25. The number of para-hydroxylation sites is 1. The molecular formula is C24H24N2O3S. The standard InChI is InChI=1S/C24H24N2O3S/c1-29-19-12-7-10-17(22(19)27)15-26-24-21(18-11-5-6-13-20(18)30-24)23(28)25-14-16-8-3-2-4-9-16/h2-4,7-10,12,15,27H,5-6,11,13-14H2,1H3,(H,25,28). The Morgan fingerprint density at radius 2 is 1.97 bits per heavy atom. The lowest BCUT2D eigenvalue weighted by Gasteiger charge is -2.13. The highest BCUT2D eigenvalue weighted by molar-refractivity contribution is 7.16. The minimum atomic E-state index is -0.0970. The number of carbonyl (C=O) groups excluding carboxylic acids is 1. The fourth-order valence-corrected chi connectivity index (χ4v) is 4.91. The van der Waals surface area contributed by atoms with Crippen LogP contribution in [0.4, 0.5) is 5.00 Å². The lowest BCUT2D eigenvalue weighted by atomic mass is 9.95. The summed E-state index contributed by atoms with van der Waals surface area (Å²) in [6.07, 6.45) is 5.71. The number of rotatable bonds is 6. The number of nitrogens with zero attached hydrogens (tertiary/aromatic N) is 1. The maximum Gasteiger partial charge on any atom is 0.254 e. The van der Waals surface area contributed by atoms with Crippen molar-refractivity contribution in [2.24, 2.45) is 4.99 Å². The third-order valence-electron chi connectivity index (χ3n) is 5.25. The number of fused-ring (bicyclic) bond motifs is 1. The molecule has 4 rings (SSSR count). The summed E-state index contributed by atoms with van der Waals surface area (Å²) in [5.74, 6) is 0.339. The van der Waals surface area contributed by atoms with E-state index in [1.165, 1.54) is 12.0 Å². The number of methoxy groups -OCH3 is 1. The summed E-state index contributed by atoms with van der Waals surface area (Å²) in [5, 5.41) is 14.1. The fourth-order valence-electron chi connectivity index (χ4n) is 3.68. The summed E-state index contributed by atoms with van der Waals surface area (Å²) >= 11 is 1.58. The van der Waals surface area contributed by atoms with Crippen molar-refractivity contribution in [1.29, 1.82) is 0 Å². The Morgan fingerprint density at radius 1 is 1.17 bits per heavy atom. The number of phenolic OH excluding ortho intramolecular Hbond substituents is 1. The van der Waals surface area contributed by atoms with Crippen LogP contribution in [0.2, 0.25) is 0 Å². The molecule has 1 aliphatic carbocycles. The number of hydrogen-bond donors (Lipinski definition) is 2. The maximum absolute atomic E-state index is 13.1. The van der Waals surface area contributed by atoms with E-state index in [1.54, 1.807) is 35.8 Å². The van der Waals surface area contributed by atoms with Crippen molar-refractivity contribution >= 4 is 28.5 Å². The average Bonchev–Trinajstić information content (AvgIpc) is 3.16. The first-order valence-electron chi connectivity index (χ1n) is 10.0. The molecule has 30 heavy (non-hydrogen) atoms. The largest absolute Gasteiger partial charge is 0.504 e. The van der Waals surface area contributed by atoms with Gasteiger partial charge in [-0.15, -0.1) is 11.3 Å². The normalized spacial score (nSPS) is 13.2. The van der Waals surface area contributed by atoms with Gasteiger partial charge in [0.1, 0.15) is 5.00 Å². The molecule has 154 valence electrons. The quantitative estimate of drug-likeness (QED) is 0.550. The van der Waals surface area contributed by atoms with Crippen LogP contribution < -0.4 is 10.1 Å². The predicted octanol–water partition coefficient (Wildman–Crippen LogP) is 5.02. The number of thiophene rings is 1. The van der Waals surface area contributed by atoms with Crippen molar-refractivity contribution in [2.45, 2.75) is 32.2 Å². The summed E-state index contributed by atoms with van der Waals surface area (Å²) in [6.45, 7) is 0.476. The SMILES string of the molecule is COc1cccc(C=Nc2sc3c(c2C(=O)NCc2ccccc2)CCCC3)c1O. The van der Waals surface area contributed by atoms with Crippen LogP contribution in [0.1, 0.15) is 44.8 Å². The van der Waals surface area contributed by atoms with Crippen LogP contribution in [-0.4, -0.2) is 24.3 Å². The van der Waals surface area contributed by atoms with Gasteiger partial charge in [-0.1, -0.05) is 36.4 Å². The van der Waals surface area contributed by atoms with Gasteiger partial charge < -0.3 is 15.2 Å². The van der Waals surface area contributed by atoms with Gasteiger partial charge in [0.15, 0.2) is 11.5 Å². The van der Waals surface area contributed by atoms with Gasteiger partial charge in [-0.2, -0.15) is 0 Å². The second-order valence-electron chi connectivity index (χ2n) is 7.22. The van der Waals surface area contributed by atoms with Crippen LogP contribution in [0.5, 0.6) is 11.5 Å². The van der Waals surface area contributed by atoms with E-state index in [-0.39, 0.29) is 11.7 Å². The van der Waals surface area contributed by atoms with Crippen LogP contribution in [0.3, 0.4) is 0 Å². The summed E-state index contributed by atoms with van der Waals surface area (Å²) in [7, 11) is 1.51. The summed E-state index contributed by atoms with van der Waals surface area (Å²) in [4.78, 5) is 19.0. The average molecular weight is 421 g/mol. The Morgan fingerprint density at radius 3 is 2.77 bits per heavy atom. The number of benzene rings is 2. The van der Waals surface area contributed by atoms with Crippen LogP contribution in [0.15, 0.2) is 53.5 Å². The molecule has 1 aliphatic rings. The van der Waals surface area contributed by atoms with Gasteiger partial charge in [0.05, 0.1) is 12.7 Å². The second-order valence-corrected chi connectivity index (χ2v) is 8.30. The molecule has 1 amide bonds. The molecule has 0 spiro atoms. The Hall–Kier alpha value is -3.12. The molecule has 1 heterocycles. The second kappa shape index (κ2) is 9.13. The topological polar surface area (TPSA) is 70.9 Å². The van der Waals surface area contributed by atoms with Crippen LogP contribution in [0, 0.1) is 0 Å². The number of nitrogens with one attached hydrogen (secondary N) is 1. The first-order valence-corrected chi connectivity index (χ1v) is 10.9. The van der Waals surface area contributed by atoms with E-state index in [2.05, 4.69) is 10.3 Å². The molecule has 0 aliphatic heterocycles. The van der Waals surface area contributed by atoms with Gasteiger partial charge in [0.2, 0.25) is 0 Å². The summed E-state index contributed by atoms with van der Waals surface area (Å²) in [5.41, 5.74) is 3.40. The van der Waals surface area contributed by atoms with E-state index in [9.17, 15) is 9.90 Å². The number of hydrogen-bond acceptors (Lipinski definition) is 5. The lowest BCUT2D eigenvalue weighted by Crippen LogP contribution is -2.24. The van der Waals surface area contributed by atoms with Gasteiger partial charge in [0, 0.05) is 23.2 Å².